The van der Waals surface area contributed by atoms with Gasteiger partial charge in [-0.15, -0.1) is 0 Å². The Hall–Kier alpha value is -7.95. The third-order valence-corrected chi connectivity index (χ3v) is 11.4. The fourth-order valence-corrected chi connectivity index (χ4v) is 8.72. The lowest BCUT2D eigenvalue weighted by atomic mass is 9.90. The van der Waals surface area contributed by atoms with E-state index in [0.29, 0.717) is 5.69 Å². The highest BCUT2D eigenvalue weighted by atomic mass is 19.1. The summed E-state index contributed by atoms with van der Waals surface area (Å²) in [5.41, 5.74) is 11.0. The molecule has 0 saturated carbocycles. The number of benzene rings is 10. The number of anilines is 6. The molecule has 0 fully saturated rings. The van der Waals surface area contributed by atoms with Crippen LogP contribution in [0.1, 0.15) is 0 Å². The molecule has 0 N–H and O–H groups in total. The van der Waals surface area contributed by atoms with E-state index >= 15 is 4.39 Å². The topological polar surface area (TPSA) is 15.7 Å². The van der Waals surface area contributed by atoms with Gasteiger partial charge in [0.25, 0.3) is 0 Å². The molecule has 0 spiro atoms. The fraction of sp³-hybridized carbons (Fsp3) is 0. The molecule has 3 nitrogen and oxygen atoms in total. The molecule has 10 aromatic carbocycles. The van der Waals surface area contributed by atoms with Gasteiger partial charge in [0.15, 0.2) is 0 Å². The highest BCUT2D eigenvalue weighted by molar-refractivity contribution is 6.18. The van der Waals surface area contributed by atoms with E-state index < -0.39 is 0 Å². The Balaban J connectivity index is 1.08. The van der Waals surface area contributed by atoms with Crippen molar-refractivity contribution in [1.29, 1.82) is 0 Å². The lowest BCUT2D eigenvalue weighted by molar-refractivity contribution is 0.487. The van der Waals surface area contributed by atoms with Crippen molar-refractivity contribution in [3.8, 4) is 44.9 Å². The predicted molar refractivity (Wildman–Crippen MR) is 247 cm³/mol. The number of rotatable bonds is 8. The summed E-state index contributed by atoms with van der Waals surface area (Å²) >= 11 is 0. The summed E-state index contributed by atoms with van der Waals surface area (Å²) < 4.78 is 24.0. The number of para-hydroxylation sites is 3. The summed E-state index contributed by atoms with van der Waals surface area (Å²) in [6, 6.07) is 76.3. The first-order valence-electron chi connectivity index (χ1n) is 20.2. The predicted octanol–water partition coefficient (Wildman–Crippen LogP) is 16.2. The van der Waals surface area contributed by atoms with E-state index in [9.17, 15) is 0 Å². The number of ether oxygens (including phenoxy) is 1. The first-order chi connectivity index (χ1) is 29.7. The molecule has 0 bridgehead atoms. The van der Waals surface area contributed by atoms with Crippen molar-refractivity contribution in [3.63, 3.8) is 0 Å². The van der Waals surface area contributed by atoms with Gasteiger partial charge in [-0.3, -0.25) is 0 Å². The van der Waals surface area contributed by atoms with E-state index in [2.05, 4.69) is 125 Å². The van der Waals surface area contributed by atoms with E-state index in [4.69, 9.17) is 4.74 Å². The van der Waals surface area contributed by atoms with E-state index in [-0.39, 0.29) is 5.82 Å². The maximum atomic E-state index is 17.2. The number of nitrogens with zero attached hydrogens (tertiary/aromatic N) is 2. The molecule has 4 heteroatoms. The number of fused-ring (bicyclic) bond motifs is 4. The molecular weight excluding hydrogens is 736 g/mol. The zero-order chi connectivity index (χ0) is 40.0. The second-order valence-electron chi connectivity index (χ2n) is 15.1. The number of hydrogen-bond acceptors (Lipinski definition) is 3. The van der Waals surface area contributed by atoms with E-state index in [1.54, 1.807) is 6.07 Å². The fourth-order valence-electron chi connectivity index (χ4n) is 8.72. The number of hydrogen-bond donors (Lipinski definition) is 0. The van der Waals surface area contributed by atoms with Crippen molar-refractivity contribution in [2.45, 2.75) is 0 Å². The van der Waals surface area contributed by atoms with Crippen molar-refractivity contribution in [1.82, 2.24) is 0 Å². The summed E-state index contributed by atoms with van der Waals surface area (Å²) in [5.74, 6) is 1.30. The van der Waals surface area contributed by atoms with E-state index in [1.165, 1.54) is 0 Å². The van der Waals surface area contributed by atoms with Crippen molar-refractivity contribution < 1.29 is 9.13 Å². The van der Waals surface area contributed by atoms with Crippen LogP contribution in [0.15, 0.2) is 224 Å². The molecule has 60 heavy (non-hydrogen) atoms. The summed E-state index contributed by atoms with van der Waals surface area (Å²) in [5, 5.41) is 4.27. The average molecular weight is 773 g/mol. The molecule has 0 aliphatic carbocycles. The average Bonchev–Trinajstić information content (AvgIpc) is 3.31. The van der Waals surface area contributed by atoms with Crippen molar-refractivity contribution in [2.75, 3.05) is 9.80 Å². The zero-order valence-electron chi connectivity index (χ0n) is 32.5. The molecule has 10 aromatic rings. The first-order valence-corrected chi connectivity index (χ1v) is 20.2. The van der Waals surface area contributed by atoms with Crippen LogP contribution in [0.4, 0.5) is 38.5 Å². The summed E-state index contributed by atoms with van der Waals surface area (Å²) in [4.78, 5) is 4.31. The summed E-state index contributed by atoms with van der Waals surface area (Å²) in [7, 11) is 0. The van der Waals surface area contributed by atoms with Gasteiger partial charge in [0.05, 0.1) is 5.69 Å². The minimum Gasteiger partial charge on any atom is -0.456 e. The lowest BCUT2D eigenvalue weighted by Gasteiger charge is -2.30. The zero-order valence-corrected chi connectivity index (χ0v) is 32.5. The highest BCUT2D eigenvalue weighted by Crippen LogP contribution is 2.52. The number of halogens is 1. The van der Waals surface area contributed by atoms with Crippen LogP contribution in [0, 0.1) is 5.82 Å². The molecule has 0 unspecified atom stereocenters. The van der Waals surface area contributed by atoms with E-state index in [0.717, 1.165) is 94.9 Å². The Morgan fingerprint density at radius 2 is 0.900 bits per heavy atom. The summed E-state index contributed by atoms with van der Waals surface area (Å²) in [6.07, 6.45) is 0. The Morgan fingerprint density at radius 1 is 0.333 bits per heavy atom. The molecule has 1 heterocycles. The van der Waals surface area contributed by atoms with Crippen LogP contribution in [0.3, 0.4) is 0 Å². The monoisotopic (exact) mass is 772 g/mol. The molecule has 284 valence electrons. The third kappa shape index (κ3) is 6.14. The van der Waals surface area contributed by atoms with Gasteiger partial charge in [-0.05, 0) is 123 Å². The van der Waals surface area contributed by atoms with Gasteiger partial charge >= 0.3 is 0 Å². The second-order valence-corrected chi connectivity index (χ2v) is 15.1. The van der Waals surface area contributed by atoms with Crippen molar-refractivity contribution in [2.24, 2.45) is 0 Å². The Labute approximate surface area is 348 Å². The molecule has 0 radical (unpaired) electrons. The lowest BCUT2D eigenvalue weighted by Crippen LogP contribution is -2.13. The molecule has 0 saturated heterocycles. The smallest absolute Gasteiger partial charge is 0.148 e. The third-order valence-electron chi connectivity index (χ3n) is 11.4. The van der Waals surface area contributed by atoms with Gasteiger partial charge in [0.1, 0.15) is 17.3 Å². The molecule has 1 aliphatic heterocycles. The van der Waals surface area contributed by atoms with Gasteiger partial charge in [-0.2, -0.15) is 0 Å². The van der Waals surface area contributed by atoms with Crippen LogP contribution in [0.5, 0.6) is 11.5 Å². The minimum absolute atomic E-state index is 0.307. The normalized spacial score (nSPS) is 11.6. The molecule has 0 amide bonds. The van der Waals surface area contributed by atoms with Gasteiger partial charge in [0, 0.05) is 51.0 Å². The standard InChI is InChI=1S/C56H37FN2O/c57-52-35-41(38-17-6-1-7-18-38)34-50(39-19-8-2-9-20-39)56(52)59(44-25-14-5-15-26-44)45-30-29-40-33-51-47-32-31-46(58(42-21-10-3-11-22-42)43-23-12-4-13-24-43)37-54(47)60-53-28-16-27-48(55(51)53)49(40)36-45/h1-37H. The minimum atomic E-state index is -0.307. The van der Waals surface area contributed by atoms with Crippen LogP contribution in [-0.2, 0) is 0 Å². The largest absolute Gasteiger partial charge is 0.456 e. The summed E-state index contributed by atoms with van der Waals surface area (Å²) in [6.45, 7) is 0. The van der Waals surface area contributed by atoms with Gasteiger partial charge < -0.3 is 14.5 Å². The van der Waals surface area contributed by atoms with Crippen LogP contribution >= 0.6 is 0 Å². The SMILES string of the molecule is Fc1cc(-c2ccccc2)cc(-c2ccccc2)c1N(c1ccccc1)c1ccc2cc3c4c(cccc4c2c1)Oc1cc(N(c2ccccc2)c2ccccc2)ccc1-3. The van der Waals surface area contributed by atoms with E-state index in [1.807, 2.05) is 103 Å². The molecule has 0 atom stereocenters. The molecule has 1 aliphatic rings. The van der Waals surface area contributed by atoms with Gasteiger partial charge in [-0.25, -0.2) is 4.39 Å². The Bertz CT molecular complexity index is 3130. The molecule has 0 aromatic heterocycles. The molecule has 11 rings (SSSR count). The van der Waals surface area contributed by atoms with Crippen molar-refractivity contribution >= 4 is 55.7 Å². The van der Waals surface area contributed by atoms with Crippen LogP contribution in [-0.4, -0.2) is 0 Å². The quantitative estimate of drug-likeness (QED) is 0.143. The second kappa shape index (κ2) is 14.8. The first kappa shape index (κ1) is 35.2. The van der Waals surface area contributed by atoms with Crippen LogP contribution in [0.25, 0.3) is 54.9 Å². The maximum absolute atomic E-state index is 17.2. The Kier molecular flexibility index (Phi) is 8.67. The molecular formula is C56H37FN2O. The Morgan fingerprint density at radius 3 is 1.55 bits per heavy atom. The highest BCUT2D eigenvalue weighted by Gasteiger charge is 2.26. The van der Waals surface area contributed by atoms with Crippen LogP contribution in [0.2, 0.25) is 0 Å². The van der Waals surface area contributed by atoms with Gasteiger partial charge in [-0.1, -0.05) is 133 Å². The van der Waals surface area contributed by atoms with Crippen LogP contribution < -0.4 is 14.5 Å². The van der Waals surface area contributed by atoms with Crippen molar-refractivity contribution in [3.05, 3.63) is 230 Å². The van der Waals surface area contributed by atoms with Gasteiger partial charge in [0.2, 0.25) is 0 Å². The maximum Gasteiger partial charge on any atom is 0.148 e.